The van der Waals surface area contributed by atoms with Crippen LogP contribution in [0, 0.1) is 5.92 Å². The van der Waals surface area contributed by atoms with E-state index in [2.05, 4.69) is 26.3 Å². The van der Waals surface area contributed by atoms with Crippen LogP contribution in [0.25, 0.3) is 0 Å². The van der Waals surface area contributed by atoms with Gasteiger partial charge in [-0.2, -0.15) is 8.78 Å². The van der Waals surface area contributed by atoms with Crippen LogP contribution in [0.2, 0.25) is 0 Å². The zero-order chi connectivity index (χ0) is 32.6. The van der Waals surface area contributed by atoms with Crippen LogP contribution >= 0.6 is 11.8 Å². The molecular formula is C30H38F2N6O5S2. The second kappa shape index (κ2) is 15.6. The molecule has 3 amide bonds. The van der Waals surface area contributed by atoms with E-state index in [-0.39, 0.29) is 34.4 Å². The van der Waals surface area contributed by atoms with Gasteiger partial charge in [0, 0.05) is 42.6 Å². The number of aliphatic imine (C=N–C) groups is 1. The van der Waals surface area contributed by atoms with Crippen LogP contribution in [-0.2, 0) is 21.2 Å². The molecule has 1 aliphatic heterocycles. The Bertz CT molecular complexity index is 1510. The van der Waals surface area contributed by atoms with E-state index >= 15 is 0 Å². The van der Waals surface area contributed by atoms with Gasteiger partial charge >= 0.3 is 6.55 Å². The van der Waals surface area contributed by atoms with Gasteiger partial charge < -0.3 is 21.3 Å². The Morgan fingerprint density at radius 3 is 2.33 bits per heavy atom. The topological polar surface area (TPSA) is 149 Å². The highest BCUT2D eigenvalue weighted by Gasteiger charge is 2.29. The van der Waals surface area contributed by atoms with Crippen molar-refractivity contribution in [3.05, 3.63) is 65.2 Å². The van der Waals surface area contributed by atoms with Gasteiger partial charge in [-0.05, 0) is 55.9 Å². The summed E-state index contributed by atoms with van der Waals surface area (Å²) in [6, 6.07) is 11.5. The number of thioether (sulfide) groups is 1. The molecule has 2 aliphatic rings. The number of rotatable bonds is 16. The Kier molecular flexibility index (Phi) is 11.9. The minimum Gasteiger partial charge on any atom is -0.354 e. The van der Waals surface area contributed by atoms with E-state index in [1.165, 1.54) is 17.8 Å². The van der Waals surface area contributed by atoms with Gasteiger partial charge in [-0.15, -0.1) is 11.8 Å². The number of sulfonamides is 1. The average Bonchev–Trinajstić information content (AvgIpc) is 3.68. The van der Waals surface area contributed by atoms with Crippen molar-refractivity contribution in [1.29, 1.82) is 0 Å². The minimum absolute atomic E-state index is 0.108. The van der Waals surface area contributed by atoms with Crippen molar-refractivity contribution >= 4 is 50.2 Å². The molecule has 4 N–H and O–H groups in total. The molecule has 244 valence electrons. The number of benzene rings is 2. The molecule has 0 spiro atoms. The number of nitrogens with one attached hydrogen (secondary N) is 4. The molecule has 0 saturated heterocycles. The lowest BCUT2D eigenvalue weighted by Crippen LogP contribution is -2.49. The molecule has 45 heavy (non-hydrogen) atoms. The van der Waals surface area contributed by atoms with E-state index in [0.29, 0.717) is 36.7 Å². The SMILES string of the molecule is C[C@H](NC[C@H](Cc1ccccc1)NC(=O)c1cc(C(=O)NCC2=NCCS2)cc(N(C(F)F)S(C)(=O)=O)c1)C(=O)NCC1CC1. The van der Waals surface area contributed by atoms with E-state index in [9.17, 15) is 31.6 Å². The van der Waals surface area contributed by atoms with Crippen LogP contribution in [0.3, 0.4) is 0 Å². The summed E-state index contributed by atoms with van der Waals surface area (Å²) in [5, 5.41) is 12.3. The van der Waals surface area contributed by atoms with Crippen molar-refractivity contribution < 1.29 is 31.6 Å². The van der Waals surface area contributed by atoms with Gasteiger partial charge in [0.05, 0.1) is 29.6 Å². The molecule has 0 radical (unpaired) electrons. The number of nitrogens with zero attached hydrogens (tertiary/aromatic N) is 2. The normalized spacial score (nSPS) is 16.1. The van der Waals surface area contributed by atoms with Crippen molar-refractivity contribution in [3.63, 3.8) is 0 Å². The maximum Gasteiger partial charge on any atom is 0.327 e. The zero-order valence-corrected chi connectivity index (χ0v) is 26.7. The summed E-state index contributed by atoms with van der Waals surface area (Å²) >= 11 is 1.48. The maximum atomic E-state index is 14.0. The van der Waals surface area contributed by atoms with E-state index < -0.39 is 46.2 Å². The van der Waals surface area contributed by atoms with Gasteiger partial charge in [-0.1, -0.05) is 30.3 Å². The maximum absolute atomic E-state index is 14.0. The van der Waals surface area contributed by atoms with Gasteiger partial charge in [0.15, 0.2) is 0 Å². The summed E-state index contributed by atoms with van der Waals surface area (Å²) in [4.78, 5) is 43.5. The van der Waals surface area contributed by atoms with Crippen molar-refractivity contribution in [2.45, 2.75) is 44.8 Å². The average molecular weight is 665 g/mol. The van der Waals surface area contributed by atoms with Crippen molar-refractivity contribution in [2.75, 3.05) is 42.5 Å². The Balaban J connectivity index is 1.56. The van der Waals surface area contributed by atoms with Crippen molar-refractivity contribution in [1.82, 2.24) is 21.3 Å². The van der Waals surface area contributed by atoms with E-state index in [1.807, 2.05) is 30.3 Å². The van der Waals surface area contributed by atoms with E-state index in [0.717, 1.165) is 36.3 Å². The molecule has 1 heterocycles. The monoisotopic (exact) mass is 664 g/mol. The molecule has 0 bridgehead atoms. The van der Waals surface area contributed by atoms with Gasteiger partial charge in [0.2, 0.25) is 15.9 Å². The Morgan fingerprint density at radius 2 is 1.73 bits per heavy atom. The summed E-state index contributed by atoms with van der Waals surface area (Å²) < 4.78 is 52.4. The van der Waals surface area contributed by atoms with Gasteiger partial charge in [0.25, 0.3) is 11.8 Å². The van der Waals surface area contributed by atoms with Crippen LogP contribution in [0.1, 0.15) is 46.0 Å². The molecule has 2 aromatic rings. The molecule has 2 aromatic carbocycles. The number of carbonyl (C=O) groups is 3. The predicted octanol–water partition coefficient (Wildman–Crippen LogP) is 2.40. The third-order valence-electron chi connectivity index (χ3n) is 7.27. The summed E-state index contributed by atoms with van der Waals surface area (Å²) in [5.74, 6) is -0.251. The van der Waals surface area contributed by atoms with Crippen molar-refractivity contribution in [3.8, 4) is 0 Å². The standard InChI is InChI=1S/C30H38F2N6O5S2/c1-19(27(39)35-16-21-8-9-21)34-17-24(12-20-6-4-3-5-7-20)37-29(41)23-13-22(28(40)36-18-26-33-10-11-44-26)14-25(15-23)38(30(31)32)45(2,42)43/h3-7,13-15,19,21,24,30,34H,8-12,16-18H2,1-2H3,(H,35,39)(H,36,40)(H,37,41)/t19-,24-/m0/s1. The molecular weight excluding hydrogens is 626 g/mol. The Hall–Kier alpha value is -3.56. The number of halogens is 2. The molecule has 2 atom stereocenters. The molecule has 11 nitrogen and oxygen atoms in total. The first-order valence-corrected chi connectivity index (χ1v) is 17.5. The highest BCUT2D eigenvalue weighted by Crippen LogP contribution is 2.28. The number of hydrogen-bond acceptors (Lipinski definition) is 8. The lowest BCUT2D eigenvalue weighted by Gasteiger charge is -2.24. The van der Waals surface area contributed by atoms with Gasteiger partial charge in [-0.25, -0.2) is 12.7 Å². The predicted molar refractivity (Wildman–Crippen MR) is 171 cm³/mol. The fourth-order valence-electron chi connectivity index (χ4n) is 4.67. The zero-order valence-electron chi connectivity index (χ0n) is 25.1. The lowest BCUT2D eigenvalue weighted by molar-refractivity contribution is -0.122. The quantitative estimate of drug-likeness (QED) is 0.202. The first-order chi connectivity index (χ1) is 21.4. The number of hydrogen-bond donors (Lipinski definition) is 4. The van der Waals surface area contributed by atoms with Crippen molar-refractivity contribution in [2.24, 2.45) is 10.9 Å². The van der Waals surface area contributed by atoms with Crippen LogP contribution < -0.4 is 25.6 Å². The van der Waals surface area contributed by atoms with Crippen LogP contribution in [-0.4, -0.2) is 88.0 Å². The van der Waals surface area contributed by atoms with Crippen LogP contribution in [0.4, 0.5) is 14.5 Å². The number of carbonyl (C=O) groups excluding carboxylic acids is 3. The molecule has 1 saturated carbocycles. The summed E-state index contributed by atoms with van der Waals surface area (Å²) in [6.45, 7) is -0.193. The molecule has 0 aromatic heterocycles. The molecule has 15 heteroatoms. The number of alkyl halides is 2. The third kappa shape index (κ3) is 10.5. The van der Waals surface area contributed by atoms with Crippen LogP contribution in [0.5, 0.6) is 0 Å². The summed E-state index contributed by atoms with van der Waals surface area (Å²) in [6.07, 6.45) is 3.19. The Labute approximate surface area is 266 Å². The molecule has 0 unspecified atom stereocenters. The smallest absolute Gasteiger partial charge is 0.327 e. The minimum atomic E-state index is -4.47. The fraction of sp³-hybridized carbons (Fsp3) is 0.467. The number of amides is 3. The first-order valence-electron chi connectivity index (χ1n) is 14.6. The molecule has 4 rings (SSSR count). The summed E-state index contributed by atoms with van der Waals surface area (Å²) in [7, 11) is -4.47. The second-order valence-corrected chi connectivity index (χ2v) is 14.1. The van der Waals surface area contributed by atoms with Gasteiger partial charge in [0.1, 0.15) is 0 Å². The fourth-order valence-corrected chi connectivity index (χ4v) is 6.22. The largest absolute Gasteiger partial charge is 0.354 e. The number of anilines is 1. The lowest BCUT2D eigenvalue weighted by atomic mass is 10.0. The van der Waals surface area contributed by atoms with E-state index in [1.54, 1.807) is 6.92 Å². The first kappa shape index (κ1) is 34.3. The van der Waals surface area contributed by atoms with E-state index in [4.69, 9.17) is 0 Å². The van der Waals surface area contributed by atoms with Gasteiger partial charge in [-0.3, -0.25) is 19.4 Å². The molecule has 1 fully saturated rings. The highest BCUT2D eigenvalue weighted by atomic mass is 32.2. The highest BCUT2D eigenvalue weighted by molar-refractivity contribution is 8.14. The summed E-state index contributed by atoms with van der Waals surface area (Å²) in [5.41, 5.74) is 0.0107. The molecule has 1 aliphatic carbocycles. The second-order valence-electron chi connectivity index (χ2n) is 11.1. The Morgan fingerprint density at radius 1 is 1.04 bits per heavy atom. The van der Waals surface area contributed by atoms with Crippen LogP contribution in [0.15, 0.2) is 53.5 Å². The third-order valence-corrected chi connectivity index (χ3v) is 9.34.